The molecule has 0 spiro atoms. The molecule has 5 heteroatoms. The number of rotatable bonds is 3. The van der Waals surface area contributed by atoms with Crippen molar-refractivity contribution in [1.29, 1.82) is 0 Å². The number of nitro benzene ring substituents is 1. The lowest BCUT2D eigenvalue weighted by Gasteiger charge is -2.14. The van der Waals surface area contributed by atoms with Crippen LogP contribution in [0, 0.1) is 23.0 Å². The van der Waals surface area contributed by atoms with Crippen molar-refractivity contribution in [2.45, 2.75) is 45.4 Å². The summed E-state index contributed by atoms with van der Waals surface area (Å²) in [4.78, 5) is 10.8. The van der Waals surface area contributed by atoms with Gasteiger partial charge in [0.2, 0.25) is 0 Å². The molecule has 0 radical (unpaired) electrons. The maximum absolute atomic E-state index is 11.2. The van der Waals surface area contributed by atoms with Crippen molar-refractivity contribution in [3.8, 4) is 0 Å². The monoisotopic (exact) mass is 300 g/mol. The molecule has 2 aliphatic rings. The lowest BCUT2D eigenvalue weighted by Crippen LogP contribution is -2.03. The molecular weight excluding hydrogens is 280 g/mol. The largest absolute Gasteiger partial charge is 0.411 e. The van der Waals surface area contributed by atoms with E-state index in [-0.39, 0.29) is 10.6 Å². The summed E-state index contributed by atoms with van der Waals surface area (Å²) in [7, 11) is 0. The summed E-state index contributed by atoms with van der Waals surface area (Å²) in [6.07, 6.45) is 6.44. The standard InChI is InChI=1S/C17H20N2O3/c1-11-6-7-13(10-16(11)19(21)22)17-14(8-9-15(17)18-20)12-4-2-3-5-12/h6-7,10,12,20H,2-5,8-9H2,1H3. The summed E-state index contributed by atoms with van der Waals surface area (Å²) in [5, 5.41) is 24.0. The minimum Gasteiger partial charge on any atom is -0.411 e. The predicted molar refractivity (Wildman–Crippen MR) is 85.2 cm³/mol. The Kier molecular flexibility index (Phi) is 3.96. The van der Waals surface area contributed by atoms with E-state index < -0.39 is 0 Å². The molecule has 1 aromatic carbocycles. The van der Waals surface area contributed by atoms with Gasteiger partial charge in [-0.2, -0.15) is 0 Å². The Hall–Kier alpha value is -2.17. The van der Waals surface area contributed by atoms with Crippen LogP contribution in [0.15, 0.2) is 28.9 Å². The van der Waals surface area contributed by atoms with Gasteiger partial charge in [0.1, 0.15) is 0 Å². The highest BCUT2D eigenvalue weighted by atomic mass is 16.6. The summed E-state index contributed by atoms with van der Waals surface area (Å²) in [6.45, 7) is 1.74. The Morgan fingerprint density at radius 3 is 2.64 bits per heavy atom. The molecular formula is C17H20N2O3. The third kappa shape index (κ3) is 2.51. The highest BCUT2D eigenvalue weighted by molar-refractivity contribution is 6.26. The van der Waals surface area contributed by atoms with Gasteiger partial charge < -0.3 is 5.21 Å². The quantitative estimate of drug-likeness (QED) is 0.508. The van der Waals surface area contributed by atoms with Gasteiger partial charge in [-0.3, -0.25) is 10.1 Å². The first-order chi connectivity index (χ1) is 10.6. The number of nitrogens with zero attached hydrogens (tertiary/aromatic N) is 2. The molecule has 0 aromatic heterocycles. The fourth-order valence-electron chi connectivity index (χ4n) is 3.78. The minimum absolute atomic E-state index is 0.125. The predicted octanol–water partition coefficient (Wildman–Crippen LogP) is 4.47. The van der Waals surface area contributed by atoms with Crippen LogP contribution in [0.5, 0.6) is 0 Å². The molecule has 5 nitrogen and oxygen atoms in total. The van der Waals surface area contributed by atoms with Crippen LogP contribution in [0.2, 0.25) is 0 Å². The number of hydrogen-bond donors (Lipinski definition) is 1. The molecule has 0 heterocycles. The number of nitro groups is 1. The highest BCUT2D eigenvalue weighted by Gasteiger charge is 2.30. The first kappa shape index (κ1) is 14.8. The first-order valence-electron chi connectivity index (χ1n) is 7.81. The summed E-state index contributed by atoms with van der Waals surface area (Å²) >= 11 is 0. The molecule has 0 atom stereocenters. The molecule has 22 heavy (non-hydrogen) atoms. The number of aryl methyl sites for hydroxylation is 1. The summed E-state index contributed by atoms with van der Waals surface area (Å²) in [5.74, 6) is 0.537. The normalized spacial score (nSPS) is 21.0. The van der Waals surface area contributed by atoms with Crippen LogP contribution in [-0.2, 0) is 0 Å². The molecule has 1 fully saturated rings. The van der Waals surface area contributed by atoms with E-state index in [9.17, 15) is 15.3 Å². The van der Waals surface area contributed by atoms with Crippen molar-refractivity contribution in [3.63, 3.8) is 0 Å². The Labute approximate surface area is 129 Å². The second-order valence-corrected chi connectivity index (χ2v) is 6.19. The van der Waals surface area contributed by atoms with Crippen LogP contribution in [0.4, 0.5) is 5.69 Å². The number of oxime groups is 1. The molecule has 1 aromatic rings. The van der Waals surface area contributed by atoms with Gasteiger partial charge >= 0.3 is 0 Å². The van der Waals surface area contributed by atoms with Gasteiger partial charge in [-0.15, -0.1) is 0 Å². The van der Waals surface area contributed by atoms with Crippen LogP contribution in [0.1, 0.15) is 49.7 Å². The van der Waals surface area contributed by atoms with Crippen LogP contribution < -0.4 is 0 Å². The average Bonchev–Trinajstić information content (AvgIpc) is 3.16. The molecule has 0 amide bonds. The second kappa shape index (κ2) is 5.91. The van der Waals surface area contributed by atoms with Crippen molar-refractivity contribution in [2.75, 3.05) is 0 Å². The molecule has 0 aliphatic heterocycles. The van der Waals surface area contributed by atoms with Crippen molar-refractivity contribution in [1.82, 2.24) is 0 Å². The molecule has 3 rings (SSSR count). The van der Waals surface area contributed by atoms with Gasteiger partial charge in [0.15, 0.2) is 0 Å². The van der Waals surface area contributed by atoms with E-state index in [0.29, 0.717) is 17.2 Å². The SMILES string of the molecule is Cc1ccc(C2=C(C3CCCC3)CCC2=NO)cc1[N+](=O)[O-]. The molecule has 2 aliphatic carbocycles. The van der Waals surface area contributed by atoms with E-state index in [0.717, 1.165) is 24.0 Å². The maximum Gasteiger partial charge on any atom is 0.272 e. The fourth-order valence-corrected chi connectivity index (χ4v) is 3.78. The maximum atomic E-state index is 11.2. The Morgan fingerprint density at radius 1 is 1.27 bits per heavy atom. The smallest absolute Gasteiger partial charge is 0.272 e. The van der Waals surface area contributed by atoms with Gasteiger partial charge in [-0.25, -0.2) is 0 Å². The van der Waals surface area contributed by atoms with Crippen LogP contribution in [0.3, 0.4) is 0 Å². The second-order valence-electron chi connectivity index (χ2n) is 6.19. The van der Waals surface area contributed by atoms with Crippen molar-refractivity contribution in [3.05, 3.63) is 45.0 Å². The van der Waals surface area contributed by atoms with E-state index in [1.54, 1.807) is 19.1 Å². The number of benzene rings is 1. The van der Waals surface area contributed by atoms with E-state index in [1.165, 1.54) is 31.3 Å². The summed E-state index contributed by atoms with van der Waals surface area (Å²) in [6, 6.07) is 5.30. The van der Waals surface area contributed by atoms with Crippen LogP contribution in [-0.4, -0.2) is 15.8 Å². The zero-order valence-corrected chi connectivity index (χ0v) is 12.7. The zero-order valence-electron chi connectivity index (χ0n) is 12.7. The molecule has 1 saturated carbocycles. The Morgan fingerprint density at radius 2 is 2.00 bits per heavy atom. The van der Waals surface area contributed by atoms with E-state index >= 15 is 0 Å². The molecule has 0 bridgehead atoms. The zero-order chi connectivity index (χ0) is 15.7. The first-order valence-corrected chi connectivity index (χ1v) is 7.81. The fraction of sp³-hybridized carbons (Fsp3) is 0.471. The van der Waals surface area contributed by atoms with E-state index in [1.807, 2.05) is 6.07 Å². The molecule has 116 valence electrons. The topological polar surface area (TPSA) is 75.7 Å². The van der Waals surface area contributed by atoms with Crippen LogP contribution >= 0.6 is 0 Å². The van der Waals surface area contributed by atoms with E-state index in [4.69, 9.17) is 0 Å². The van der Waals surface area contributed by atoms with Gasteiger partial charge in [0.25, 0.3) is 5.69 Å². The molecule has 1 N–H and O–H groups in total. The third-order valence-corrected chi connectivity index (χ3v) is 4.90. The molecule has 0 saturated heterocycles. The summed E-state index contributed by atoms with van der Waals surface area (Å²) < 4.78 is 0. The Balaban J connectivity index is 2.11. The van der Waals surface area contributed by atoms with Crippen molar-refractivity contribution >= 4 is 17.0 Å². The van der Waals surface area contributed by atoms with Crippen LogP contribution in [0.25, 0.3) is 5.57 Å². The van der Waals surface area contributed by atoms with Crippen molar-refractivity contribution < 1.29 is 10.1 Å². The third-order valence-electron chi connectivity index (χ3n) is 4.90. The van der Waals surface area contributed by atoms with Gasteiger partial charge in [0.05, 0.1) is 10.6 Å². The van der Waals surface area contributed by atoms with Crippen molar-refractivity contribution in [2.24, 2.45) is 11.1 Å². The average molecular weight is 300 g/mol. The minimum atomic E-state index is -0.348. The Bertz CT molecular complexity index is 670. The van der Waals surface area contributed by atoms with Gasteiger partial charge in [-0.1, -0.05) is 35.7 Å². The van der Waals surface area contributed by atoms with Gasteiger partial charge in [0, 0.05) is 17.2 Å². The number of allylic oxidation sites excluding steroid dienone is 2. The lowest BCUT2D eigenvalue weighted by atomic mass is 9.90. The lowest BCUT2D eigenvalue weighted by molar-refractivity contribution is -0.385. The molecule has 0 unspecified atom stereocenters. The number of hydrogen-bond acceptors (Lipinski definition) is 4. The highest BCUT2D eigenvalue weighted by Crippen LogP contribution is 2.43. The van der Waals surface area contributed by atoms with Gasteiger partial charge in [-0.05, 0) is 44.1 Å². The van der Waals surface area contributed by atoms with E-state index in [2.05, 4.69) is 5.16 Å². The summed E-state index contributed by atoms with van der Waals surface area (Å²) in [5.41, 5.74) is 4.52.